The third kappa shape index (κ3) is 4.95. The number of carbonyl (C=O) groups excluding carboxylic acids is 1. The monoisotopic (exact) mass is 381 g/mol. The van der Waals surface area contributed by atoms with Crippen molar-refractivity contribution in [3.8, 4) is 0 Å². The van der Waals surface area contributed by atoms with Gasteiger partial charge in [0.15, 0.2) is 0 Å². The number of amides is 1. The van der Waals surface area contributed by atoms with Gasteiger partial charge in [0.2, 0.25) is 5.91 Å². The molecule has 5 heteroatoms. The standard InChI is InChI=1S/C22H20ClNO3/c23-19-7-3-4-15(12-19)8-11-21(27)24-22(20(26)14-25)18-10-9-16-5-1-2-6-17(16)13-18/h1-13,20,22,25-26H,14H2,(H,24,27)/t20-,22-/m1/s1. The Balaban J connectivity index is 1.80. The normalized spacial score (nSPS) is 13.6. The lowest BCUT2D eigenvalue weighted by Crippen LogP contribution is -2.37. The van der Waals surface area contributed by atoms with E-state index in [9.17, 15) is 15.0 Å². The molecule has 0 heterocycles. The number of fused-ring (bicyclic) bond motifs is 1. The Morgan fingerprint density at radius 1 is 1.04 bits per heavy atom. The first-order valence-electron chi connectivity index (χ1n) is 8.58. The minimum Gasteiger partial charge on any atom is -0.394 e. The fraction of sp³-hybridized carbons (Fsp3) is 0.136. The third-order valence-corrected chi connectivity index (χ3v) is 4.51. The molecule has 3 N–H and O–H groups in total. The van der Waals surface area contributed by atoms with Gasteiger partial charge in [0.25, 0.3) is 0 Å². The Labute approximate surface area is 162 Å². The largest absolute Gasteiger partial charge is 0.394 e. The zero-order valence-electron chi connectivity index (χ0n) is 14.5. The third-order valence-electron chi connectivity index (χ3n) is 4.28. The van der Waals surface area contributed by atoms with Crippen LogP contribution >= 0.6 is 11.6 Å². The van der Waals surface area contributed by atoms with Crippen molar-refractivity contribution in [2.24, 2.45) is 0 Å². The predicted molar refractivity (Wildman–Crippen MR) is 108 cm³/mol. The first-order chi connectivity index (χ1) is 13.1. The van der Waals surface area contributed by atoms with E-state index in [1.165, 1.54) is 6.08 Å². The summed E-state index contributed by atoms with van der Waals surface area (Å²) >= 11 is 5.94. The maximum absolute atomic E-state index is 12.3. The predicted octanol–water partition coefficient (Wildman–Crippen LogP) is 3.72. The average Bonchev–Trinajstić information content (AvgIpc) is 2.69. The number of hydrogen-bond acceptors (Lipinski definition) is 3. The number of aliphatic hydroxyl groups is 2. The number of hydrogen-bond donors (Lipinski definition) is 3. The Bertz CT molecular complexity index is 970. The van der Waals surface area contributed by atoms with E-state index in [2.05, 4.69) is 5.32 Å². The zero-order valence-corrected chi connectivity index (χ0v) is 15.3. The van der Waals surface area contributed by atoms with Crippen LogP contribution in [0.25, 0.3) is 16.8 Å². The minimum absolute atomic E-state index is 0.374. The van der Waals surface area contributed by atoms with E-state index < -0.39 is 18.8 Å². The summed E-state index contributed by atoms with van der Waals surface area (Å²) in [6.07, 6.45) is 1.91. The zero-order chi connectivity index (χ0) is 19.2. The molecule has 3 rings (SSSR count). The molecule has 0 saturated carbocycles. The fourth-order valence-electron chi connectivity index (χ4n) is 2.89. The molecule has 0 bridgehead atoms. The van der Waals surface area contributed by atoms with Crippen molar-refractivity contribution >= 4 is 34.4 Å². The molecule has 0 aromatic heterocycles. The van der Waals surface area contributed by atoms with Gasteiger partial charge in [0, 0.05) is 11.1 Å². The van der Waals surface area contributed by atoms with E-state index in [1.54, 1.807) is 24.3 Å². The van der Waals surface area contributed by atoms with Crippen LogP contribution in [0.1, 0.15) is 17.2 Å². The molecule has 3 aromatic rings. The van der Waals surface area contributed by atoms with Gasteiger partial charge in [-0.05, 0) is 46.2 Å². The number of benzene rings is 3. The number of halogens is 1. The van der Waals surface area contributed by atoms with E-state index in [0.29, 0.717) is 5.02 Å². The van der Waals surface area contributed by atoms with Crippen LogP contribution < -0.4 is 5.32 Å². The van der Waals surface area contributed by atoms with E-state index in [0.717, 1.165) is 21.9 Å². The van der Waals surface area contributed by atoms with Crippen LogP contribution in [-0.2, 0) is 4.79 Å². The second-order valence-electron chi connectivity index (χ2n) is 6.23. The maximum Gasteiger partial charge on any atom is 0.244 e. The van der Waals surface area contributed by atoms with Gasteiger partial charge in [0.1, 0.15) is 6.10 Å². The molecule has 0 spiro atoms. The molecule has 0 unspecified atom stereocenters. The number of rotatable bonds is 6. The van der Waals surface area contributed by atoms with Crippen LogP contribution in [-0.4, -0.2) is 28.8 Å². The molecule has 2 atom stereocenters. The molecule has 0 aliphatic rings. The van der Waals surface area contributed by atoms with Crippen molar-refractivity contribution < 1.29 is 15.0 Å². The van der Waals surface area contributed by atoms with E-state index in [4.69, 9.17) is 11.6 Å². The van der Waals surface area contributed by atoms with Gasteiger partial charge >= 0.3 is 0 Å². The molecule has 138 valence electrons. The summed E-state index contributed by atoms with van der Waals surface area (Å²) in [7, 11) is 0. The molecular weight excluding hydrogens is 362 g/mol. The van der Waals surface area contributed by atoms with Crippen molar-refractivity contribution in [1.29, 1.82) is 0 Å². The summed E-state index contributed by atoms with van der Waals surface area (Å²) in [5.41, 5.74) is 1.52. The maximum atomic E-state index is 12.3. The van der Waals surface area contributed by atoms with Gasteiger partial charge in [-0.1, -0.05) is 60.1 Å². The molecule has 4 nitrogen and oxygen atoms in total. The van der Waals surface area contributed by atoms with Gasteiger partial charge < -0.3 is 15.5 Å². The molecule has 0 aliphatic carbocycles. The fourth-order valence-corrected chi connectivity index (χ4v) is 3.09. The highest BCUT2D eigenvalue weighted by molar-refractivity contribution is 6.30. The smallest absolute Gasteiger partial charge is 0.244 e. The topological polar surface area (TPSA) is 69.6 Å². The number of aliphatic hydroxyl groups excluding tert-OH is 2. The van der Waals surface area contributed by atoms with Gasteiger partial charge in [-0.15, -0.1) is 0 Å². The van der Waals surface area contributed by atoms with Crippen molar-refractivity contribution in [3.05, 3.63) is 89.0 Å². The molecule has 3 aromatic carbocycles. The second kappa shape index (κ2) is 8.82. The lowest BCUT2D eigenvalue weighted by molar-refractivity contribution is -0.118. The van der Waals surface area contributed by atoms with Crippen LogP contribution in [0.3, 0.4) is 0 Å². The van der Waals surface area contributed by atoms with Crippen LogP contribution in [0.5, 0.6) is 0 Å². The van der Waals surface area contributed by atoms with Crippen molar-refractivity contribution in [2.45, 2.75) is 12.1 Å². The van der Waals surface area contributed by atoms with Crippen LogP contribution in [0.15, 0.2) is 72.8 Å². The summed E-state index contributed by atoms with van der Waals surface area (Å²) in [6, 6.07) is 19.9. The van der Waals surface area contributed by atoms with Crippen LogP contribution in [0.4, 0.5) is 0 Å². The number of nitrogens with one attached hydrogen (secondary N) is 1. The highest BCUT2D eigenvalue weighted by atomic mass is 35.5. The van der Waals surface area contributed by atoms with Gasteiger partial charge in [-0.2, -0.15) is 0 Å². The molecule has 0 aliphatic heterocycles. The minimum atomic E-state index is -1.12. The van der Waals surface area contributed by atoms with E-state index in [1.807, 2.05) is 48.5 Å². The second-order valence-corrected chi connectivity index (χ2v) is 6.67. The molecule has 0 fully saturated rings. The average molecular weight is 382 g/mol. The SMILES string of the molecule is O=C(C=Cc1cccc(Cl)c1)N[C@H](c1ccc2ccccc2c1)[C@H](O)CO. The van der Waals surface area contributed by atoms with Gasteiger partial charge in [-0.3, -0.25) is 4.79 Å². The van der Waals surface area contributed by atoms with Crippen LogP contribution in [0.2, 0.25) is 5.02 Å². The van der Waals surface area contributed by atoms with Crippen LogP contribution in [0, 0.1) is 0 Å². The Morgan fingerprint density at radius 2 is 1.81 bits per heavy atom. The molecule has 27 heavy (non-hydrogen) atoms. The van der Waals surface area contributed by atoms with Gasteiger partial charge in [-0.25, -0.2) is 0 Å². The van der Waals surface area contributed by atoms with E-state index in [-0.39, 0.29) is 5.91 Å². The summed E-state index contributed by atoms with van der Waals surface area (Å²) in [4.78, 5) is 12.3. The van der Waals surface area contributed by atoms with Gasteiger partial charge in [0.05, 0.1) is 12.6 Å². The first-order valence-corrected chi connectivity index (χ1v) is 8.96. The Hall–Kier alpha value is -2.66. The van der Waals surface area contributed by atoms with E-state index >= 15 is 0 Å². The lowest BCUT2D eigenvalue weighted by Gasteiger charge is -2.23. The summed E-state index contributed by atoms with van der Waals surface area (Å²) < 4.78 is 0. The summed E-state index contributed by atoms with van der Waals surface area (Å²) in [6.45, 7) is -0.463. The molecule has 0 saturated heterocycles. The quantitative estimate of drug-likeness (QED) is 0.570. The lowest BCUT2D eigenvalue weighted by atomic mass is 9.98. The highest BCUT2D eigenvalue weighted by Gasteiger charge is 2.22. The van der Waals surface area contributed by atoms with Crippen molar-refractivity contribution in [3.63, 3.8) is 0 Å². The summed E-state index contributed by atoms with van der Waals surface area (Å²) in [5, 5.41) is 25.0. The van der Waals surface area contributed by atoms with Crippen molar-refractivity contribution in [1.82, 2.24) is 5.32 Å². The Morgan fingerprint density at radius 3 is 2.56 bits per heavy atom. The first kappa shape index (κ1) is 19.1. The number of carbonyl (C=O) groups is 1. The molecule has 0 radical (unpaired) electrons. The van der Waals surface area contributed by atoms with Crippen molar-refractivity contribution in [2.75, 3.05) is 6.61 Å². The molecular formula is C22H20ClNO3. The Kier molecular flexibility index (Phi) is 6.24. The highest BCUT2D eigenvalue weighted by Crippen LogP contribution is 2.23. The summed E-state index contributed by atoms with van der Waals surface area (Å²) in [5.74, 6) is -0.374. The molecule has 1 amide bonds.